The monoisotopic (exact) mass is 460 g/mol. The van der Waals surface area contributed by atoms with E-state index in [0.29, 0.717) is 19.1 Å². The van der Waals surface area contributed by atoms with Crippen LogP contribution in [0.25, 0.3) is 10.9 Å². The average molecular weight is 461 g/mol. The maximum atomic E-state index is 13.1. The quantitative estimate of drug-likeness (QED) is 0.387. The van der Waals surface area contributed by atoms with Crippen LogP contribution in [0, 0.1) is 6.92 Å². The molecule has 0 saturated heterocycles. The Morgan fingerprint density at radius 1 is 1.24 bits per heavy atom. The number of benzene rings is 1. The van der Waals surface area contributed by atoms with Crippen molar-refractivity contribution in [2.24, 2.45) is 0 Å². The van der Waals surface area contributed by atoms with Gasteiger partial charge in [-0.05, 0) is 72.3 Å². The van der Waals surface area contributed by atoms with Gasteiger partial charge in [-0.3, -0.25) is 9.69 Å². The summed E-state index contributed by atoms with van der Waals surface area (Å²) in [7, 11) is 0. The second kappa shape index (κ2) is 9.93. The number of nitrogens with one attached hydrogen (secondary N) is 1. The molecule has 8 heteroatoms. The number of furan rings is 1. The lowest BCUT2D eigenvalue weighted by molar-refractivity contribution is 0.108. The minimum absolute atomic E-state index is 0.0191. The Morgan fingerprint density at radius 2 is 2.09 bits per heavy atom. The van der Waals surface area contributed by atoms with Crippen molar-refractivity contribution in [2.75, 3.05) is 0 Å². The Morgan fingerprint density at radius 3 is 2.85 bits per heavy atom. The highest BCUT2D eigenvalue weighted by molar-refractivity contribution is 5.79. The highest BCUT2D eigenvalue weighted by atomic mass is 16.3. The van der Waals surface area contributed by atoms with Crippen molar-refractivity contribution in [3.05, 3.63) is 75.7 Å². The molecule has 0 amide bonds. The molecular formula is C26H32N6O2. The zero-order chi connectivity index (χ0) is 23.5. The number of fused-ring (bicyclic) bond motifs is 1. The van der Waals surface area contributed by atoms with Gasteiger partial charge in [0.25, 0.3) is 5.56 Å². The van der Waals surface area contributed by atoms with Gasteiger partial charge in [-0.2, -0.15) is 0 Å². The van der Waals surface area contributed by atoms with Gasteiger partial charge in [-0.1, -0.05) is 37.8 Å². The molecule has 0 bridgehead atoms. The molecular weight excluding hydrogens is 428 g/mol. The maximum Gasteiger partial charge on any atom is 0.252 e. The second-order valence-corrected chi connectivity index (χ2v) is 9.40. The molecule has 3 heterocycles. The molecule has 1 N–H and O–H groups in total. The average Bonchev–Trinajstić information content (AvgIpc) is 3.60. The molecule has 1 unspecified atom stereocenters. The van der Waals surface area contributed by atoms with Crippen LogP contribution in [-0.4, -0.2) is 36.1 Å². The molecule has 3 aromatic heterocycles. The third-order valence-corrected chi connectivity index (χ3v) is 6.93. The molecule has 0 aliphatic heterocycles. The molecule has 0 spiro atoms. The molecule has 0 radical (unpaired) electrons. The van der Waals surface area contributed by atoms with Gasteiger partial charge in [0, 0.05) is 23.7 Å². The van der Waals surface area contributed by atoms with Gasteiger partial charge in [0.2, 0.25) is 0 Å². The first kappa shape index (κ1) is 22.5. The summed E-state index contributed by atoms with van der Waals surface area (Å²) in [6.07, 6.45) is 8.26. The molecule has 1 fully saturated rings. The van der Waals surface area contributed by atoms with E-state index in [0.717, 1.165) is 53.7 Å². The summed E-state index contributed by atoms with van der Waals surface area (Å²) in [5.74, 6) is 1.65. The predicted molar refractivity (Wildman–Crippen MR) is 130 cm³/mol. The molecule has 1 aliphatic carbocycles. The van der Waals surface area contributed by atoms with Crippen LogP contribution in [0.1, 0.15) is 74.2 Å². The third-order valence-electron chi connectivity index (χ3n) is 6.93. The van der Waals surface area contributed by atoms with Crippen molar-refractivity contribution in [3.63, 3.8) is 0 Å². The van der Waals surface area contributed by atoms with Crippen molar-refractivity contribution in [3.8, 4) is 0 Å². The zero-order valence-electron chi connectivity index (χ0n) is 19.9. The summed E-state index contributed by atoms with van der Waals surface area (Å²) in [4.78, 5) is 18.6. The molecule has 1 aliphatic rings. The molecule has 1 atom stereocenters. The fourth-order valence-electron chi connectivity index (χ4n) is 5.24. The summed E-state index contributed by atoms with van der Waals surface area (Å²) in [6, 6.07) is 12.4. The topological polar surface area (TPSA) is 92.8 Å². The number of hydrogen-bond donors (Lipinski definition) is 1. The van der Waals surface area contributed by atoms with Crippen LogP contribution in [0.2, 0.25) is 0 Å². The number of tetrazole rings is 1. The first-order chi connectivity index (χ1) is 16.6. The van der Waals surface area contributed by atoms with E-state index in [1.165, 1.54) is 18.4 Å². The molecule has 1 saturated carbocycles. The first-order valence-electron chi connectivity index (χ1n) is 12.3. The van der Waals surface area contributed by atoms with Crippen molar-refractivity contribution < 1.29 is 4.42 Å². The second-order valence-electron chi connectivity index (χ2n) is 9.40. The van der Waals surface area contributed by atoms with Crippen molar-refractivity contribution in [1.82, 2.24) is 30.1 Å². The number of rotatable bonds is 9. The third kappa shape index (κ3) is 4.68. The number of H-pyrrole nitrogens is 1. The Balaban J connectivity index is 1.52. The van der Waals surface area contributed by atoms with E-state index >= 15 is 0 Å². The highest BCUT2D eigenvalue weighted by Gasteiger charge is 2.33. The lowest BCUT2D eigenvalue weighted by Crippen LogP contribution is -2.39. The summed E-state index contributed by atoms with van der Waals surface area (Å²) >= 11 is 0. The standard InChI is InChI=1S/C26H32N6O2/c1-3-7-24(25-28-29-30-32(25)17-22-10-6-13-34-22)31(21-8-4-5-9-21)16-20-15-19-14-18(2)11-12-23(19)27-26(20)33/h6,10-15,21,24H,3-5,7-9,16-17H2,1-2H3,(H,27,33). The van der Waals surface area contributed by atoms with E-state index in [2.05, 4.69) is 51.4 Å². The van der Waals surface area contributed by atoms with E-state index < -0.39 is 0 Å². The Labute approximate surface area is 199 Å². The number of aromatic nitrogens is 5. The minimum Gasteiger partial charge on any atom is -0.467 e. The van der Waals surface area contributed by atoms with E-state index in [1.807, 2.05) is 28.9 Å². The number of pyridine rings is 1. The fourth-order valence-corrected chi connectivity index (χ4v) is 5.24. The smallest absolute Gasteiger partial charge is 0.252 e. The first-order valence-corrected chi connectivity index (χ1v) is 12.3. The van der Waals surface area contributed by atoms with Crippen LogP contribution in [0.3, 0.4) is 0 Å². The van der Waals surface area contributed by atoms with E-state index in [9.17, 15) is 4.79 Å². The summed E-state index contributed by atoms with van der Waals surface area (Å²) in [5, 5.41) is 13.8. The summed E-state index contributed by atoms with van der Waals surface area (Å²) in [5.41, 5.74) is 2.82. The number of hydrogen-bond acceptors (Lipinski definition) is 6. The summed E-state index contributed by atoms with van der Waals surface area (Å²) in [6.45, 7) is 5.32. The van der Waals surface area contributed by atoms with Gasteiger partial charge in [0.15, 0.2) is 5.82 Å². The van der Waals surface area contributed by atoms with Gasteiger partial charge in [-0.15, -0.1) is 5.10 Å². The van der Waals surface area contributed by atoms with Crippen LogP contribution in [-0.2, 0) is 13.1 Å². The van der Waals surface area contributed by atoms with Crippen LogP contribution in [0.15, 0.2) is 51.9 Å². The lowest BCUT2D eigenvalue weighted by Gasteiger charge is -2.35. The fraction of sp³-hybridized carbons (Fsp3) is 0.462. The van der Waals surface area contributed by atoms with Crippen LogP contribution >= 0.6 is 0 Å². The molecule has 8 nitrogen and oxygen atoms in total. The van der Waals surface area contributed by atoms with Gasteiger partial charge in [-0.25, -0.2) is 4.68 Å². The Hall–Kier alpha value is -3.26. The lowest BCUT2D eigenvalue weighted by atomic mass is 10.0. The maximum absolute atomic E-state index is 13.1. The molecule has 34 heavy (non-hydrogen) atoms. The van der Waals surface area contributed by atoms with E-state index in [-0.39, 0.29) is 11.6 Å². The largest absolute Gasteiger partial charge is 0.467 e. The van der Waals surface area contributed by atoms with E-state index in [1.54, 1.807) is 6.26 Å². The van der Waals surface area contributed by atoms with Gasteiger partial charge in [0.1, 0.15) is 12.3 Å². The predicted octanol–water partition coefficient (Wildman–Crippen LogP) is 4.75. The van der Waals surface area contributed by atoms with Gasteiger partial charge in [0.05, 0.1) is 12.3 Å². The highest BCUT2D eigenvalue weighted by Crippen LogP contribution is 2.34. The van der Waals surface area contributed by atoms with Crippen LogP contribution in [0.4, 0.5) is 0 Å². The van der Waals surface area contributed by atoms with Crippen LogP contribution in [0.5, 0.6) is 0 Å². The molecule has 5 rings (SSSR count). The van der Waals surface area contributed by atoms with Gasteiger partial charge >= 0.3 is 0 Å². The SMILES string of the molecule is CCCC(c1nnnn1Cc1ccco1)N(Cc1cc2cc(C)ccc2[nH]c1=O)C1CCCC1. The Bertz CT molecular complexity index is 1290. The van der Waals surface area contributed by atoms with Gasteiger partial charge < -0.3 is 9.40 Å². The zero-order valence-corrected chi connectivity index (χ0v) is 19.9. The van der Waals surface area contributed by atoms with Crippen molar-refractivity contribution in [1.29, 1.82) is 0 Å². The Kier molecular flexibility index (Phi) is 6.58. The molecule has 178 valence electrons. The van der Waals surface area contributed by atoms with Crippen LogP contribution < -0.4 is 5.56 Å². The van der Waals surface area contributed by atoms with Crippen molar-refractivity contribution >= 4 is 10.9 Å². The number of aromatic amines is 1. The minimum atomic E-state index is -0.0234. The summed E-state index contributed by atoms with van der Waals surface area (Å²) < 4.78 is 7.39. The normalized spacial score (nSPS) is 15.5. The number of aryl methyl sites for hydroxylation is 1. The molecule has 4 aromatic rings. The molecule has 1 aromatic carbocycles. The van der Waals surface area contributed by atoms with E-state index in [4.69, 9.17) is 4.42 Å². The van der Waals surface area contributed by atoms with Crippen molar-refractivity contribution in [2.45, 2.75) is 77.5 Å². The number of nitrogens with zero attached hydrogens (tertiary/aromatic N) is 5.